The summed E-state index contributed by atoms with van der Waals surface area (Å²) in [5.74, 6) is -0.214. The summed E-state index contributed by atoms with van der Waals surface area (Å²) in [6.45, 7) is 1.82. The van der Waals surface area contributed by atoms with Gasteiger partial charge in [0.15, 0.2) is 0 Å². The Balaban J connectivity index is 1.99. The van der Waals surface area contributed by atoms with Crippen molar-refractivity contribution in [3.05, 3.63) is 30.3 Å². The standard InChI is InChI=1S/C11H12N2O2S/c1-8(14)13-7-10(12-11(13)15)16-9-5-3-2-4-6-9/h2-6,10H,7H2,1H3,(H,12,15)/t10-/m1/s1. The molecule has 1 saturated heterocycles. The van der Waals surface area contributed by atoms with Crippen molar-refractivity contribution in [3.63, 3.8) is 0 Å². The van der Waals surface area contributed by atoms with E-state index in [0.717, 1.165) is 4.90 Å². The topological polar surface area (TPSA) is 49.4 Å². The molecule has 1 aromatic rings. The Kier molecular flexibility index (Phi) is 3.14. The lowest BCUT2D eigenvalue weighted by Gasteiger charge is -2.09. The zero-order valence-corrected chi connectivity index (χ0v) is 9.66. The molecule has 1 fully saturated rings. The lowest BCUT2D eigenvalue weighted by molar-refractivity contribution is -0.125. The molecule has 1 aliphatic heterocycles. The SMILES string of the molecule is CC(=O)N1C[C@@H](Sc2ccccc2)NC1=O. The number of nitrogens with one attached hydrogen (secondary N) is 1. The van der Waals surface area contributed by atoms with Gasteiger partial charge in [-0.05, 0) is 12.1 Å². The van der Waals surface area contributed by atoms with Crippen molar-refractivity contribution in [3.8, 4) is 0 Å². The molecule has 1 heterocycles. The number of amides is 3. The minimum absolute atomic E-state index is 0.0567. The second kappa shape index (κ2) is 4.57. The first kappa shape index (κ1) is 11.0. The molecular weight excluding hydrogens is 224 g/mol. The van der Waals surface area contributed by atoms with Crippen molar-refractivity contribution < 1.29 is 9.59 Å². The maximum absolute atomic E-state index is 11.4. The molecule has 0 bridgehead atoms. The zero-order valence-electron chi connectivity index (χ0n) is 8.84. The first-order valence-corrected chi connectivity index (χ1v) is 5.85. The summed E-state index contributed by atoms with van der Waals surface area (Å²) in [5.41, 5.74) is 0. The molecule has 0 saturated carbocycles. The first-order chi connectivity index (χ1) is 7.66. The Bertz CT molecular complexity index is 408. The lowest BCUT2D eigenvalue weighted by atomic mass is 10.4. The van der Waals surface area contributed by atoms with Gasteiger partial charge in [-0.1, -0.05) is 30.0 Å². The van der Waals surface area contributed by atoms with Gasteiger partial charge in [0.25, 0.3) is 0 Å². The molecule has 2 rings (SSSR count). The average molecular weight is 236 g/mol. The summed E-state index contributed by atoms with van der Waals surface area (Å²) in [4.78, 5) is 24.8. The third kappa shape index (κ3) is 2.36. The van der Waals surface area contributed by atoms with E-state index in [2.05, 4.69) is 5.32 Å². The van der Waals surface area contributed by atoms with Crippen molar-refractivity contribution in [2.75, 3.05) is 6.54 Å². The maximum atomic E-state index is 11.4. The molecule has 1 atom stereocenters. The largest absolute Gasteiger partial charge is 0.325 e. The Morgan fingerprint density at radius 3 is 2.69 bits per heavy atom. The van der Waals surface area contributed by atoms with Crippen molar-refractivity contribution in [1.82, 2.24) is 10.2 Å². The summed E-state index contributed by atoms with van der Waals surface area (Å²) in [5, 5.41) is 2.71. The number of benzene rings is 1. The number of thioether (sulfide) groups is 1. The van der Waals surface area contributed by atoms with E-state index in [-0.39, 0.29) is 17.3 Å². The van der Waals surface area contributed by atoms with E-state index in [1.54, 1.807) is 11.8 Å². The number of nitrogens with zero attached hydrogens (tertiary/aromatic N) is 1. The highest BCUT2D eigenvalue weighted by molar-refractivity contribution is 8.00. The van der Waals surface area contributed by atoms with Crippen molar-refractivity contribution in [1.29, 1.82) is 0 Å². The predicted molar refractivity (Wildman–Crippen MR) is 62.0 cm³/mol. The van der Waals surface area contributed by atoms with E-state index in [1.807, 2.05) is 30.3 Å². The molecule has 0 aliphatic carbocycles. The van der Waals surface area contributed by atoms with Crippen LogP contribution in [0.1, 0.15) is 6.92 Å². The van der Waals surface area contributed by atoms with Crippen LogP contribution in [-0.2, 0) is 4.79 Å². The number of rotatable bonds is 2. The van der Waals surface area contributed by atoms with E-state index < -0.39 is 0 Å². The van der Waals surface area contributed by atoms with Gasteiger partial charge in [-0.15, -0.1) is 0 Å². The van der Waals surface area contributed by atoms with Crippen LogP contribution in [0.15, 0.2) is 35.2 Å². The van der Waals surface area contributed by atoms with E-state index in [9.17, 15) is 9.59 Å². The van der Waals surface area contributed by atoms with Crippen LogP contribution in [0.3, 0.4) is 0 Å². The van der Waals surface area contributed by atoms with Crippen LogP contribution >= 0.6 is 11.8 Å². The summed E-state index contributed by atoms with van der Waals surface area (Å²) in [6.07, 6.45) is 0. The van der Waals surface area contributed by atoms with E-state index in [4.69, 9.17) is 0 Å². The number of carbonyl (C=O) groups is 2. The number of hydrogen-bond acceptors (Lipinski definition) is 3. The summed E-state index contributed by atoms with van der Waals surface area (Å²) in [7, 11) is 0. The fourth-order valence-corrected chi connectivity index (χ4v) is 2.54. The van der Waals surface area contributed by atoms with Gasteiger partial charge in [-0.25, -0.2) is 4.79 Å². The van der Waals surface area contributed by atoms with E-state index >= 15 is 0 Å². The minimum Gasteiger partial charge on any atom is -0.324 e. The molecule has 3 amide bonds. The summed E-state index contributed by atoms with van der Waals surface area (Å²) in [6, 6.07) is 9.49. The van der Waals surface area contributed by atoms with Crippen LogP contribution in [-0.4, -0.2) is 28.8 Å². The fraction of sp³-hybridized carbons (Fsp3) is 0.273. The number of imide groups is 1. The molecule has 84 valence electrons. The van der Waals surface area contributed by atoms with Gasteiger partial charge in [0.05, 0.1) is 11.9 Å². The quantitative estimate of drug-likeness (QED) is 0.850. The second-order valence-corrected chi connectivity index (χ2v) is 4.77. The number of carbonyl (C=O) groups excluding carboxylic acids is 2. The minimum atomic E-state index is -0.305. The van der Waals surface area contributed by atoms with Crippen LogP contribution in [0.25, 0.3) is 0 Å². The van der Waals surface area contributed by atoms with Crippen LogP contribution in [0.4, 0.5) is 4.79 Å². The van der Waals surface area contributed by atoms with Gasteiger partial charge in [0.1, 0.15) is 0 Å². The van der Waals surface area contributed by atoms with Crippen molar-refractivity contribution >= 4 is 23.7 Å². The first-order valence-electron chi connectivity index (χ1n) is 4.97. The normalized spacial score (nSPS) is 19.7. The molecule has 0 radical (unpaired) electrons. The van der Waals surface area contributed by atoms with Crippen LogP contribution < -0.4 is 5.32 Å². The average Bonchev–Trinajstić information content (AvgIpc) is 2.61. The third-order valence-corrected chi connectivity index (χ3v) is 3.38. The predicted octanol–water partition coefficient (Wildman–Crippen LogP) is 1.68. The molecule has 5 heteroatoms. The van der Waals surface area contributed by atoms with Gasteiger partial charge in [0, 0.05) is 11.8 Å². The molecule has 1 N–H and O–H groups in total. The Labute approximate surface area is 98.0 Å². The monoisotopic (exact) mass is 236 g/mol. The number of hydrogen-bond donors (Lipinski definition) is 1. The Morgan fingerprint density at radius 1 is 1.44 bits per heavy atom. The summed E-state index contributed by atoms with van der Waals surface area (Å²) >= 11 is 1.55. The van der Waals surface area contributed by atoms with Crippen molar-refractivity contribution in [2.24, 2.45) is 0 Å². The highest BCUT2D eigenvalue weighted by Crippen LogP contribution is 2.24. The highest BCUT2D eigenvalue weighted by atomic mass is 32.2. The van der Waals surface area contributed by atoms with Crippen LogP contribution in [0.2, 0.25) is 0 Å². The van der Waals surface area contributed by atoms with Gasteiger partial charge >= 0.3 is 6.03 Å². The molecule has 0 spiro atoms. The molecule has 16 heavy (non-hydrogen) atoms. The van der Waals surface area contributed by atoms with Crippen LogP contribution in [0, 0.1) is 0 Å². The fourth-order valence-electron chi connectivity index (χ4n) is 1.51. The third-order valence-electron chi connectivity index (χ3n) is 2.28. The zero-order chi connectivity index (χ0) is 11.5. The van der Waals surface area contributed by atoms with Crippen molar-refractivity contribution in [2.45, 2.75) is 17.2 Å². The molecule has 1 aromatic carbocycles. The molecular formula is C11H12N2O2S. The number of urea groups is 1. The van der Waals surface area contributed by atoms with E-state index in [0.29, 0.717) is 6.54 Å². The Morgan fingerprint density at radius 2 is 2.12 bits per heavy atom. The van der Waals surface area contributed by atoms with Gasteiger partial charge in [0.2, 0.25) is 5.91 Å². The molecule has 4 nitrogen and oxygen atoms in total. The van der Waals surface area contributed by atoms with Gasteiger partial charge < -0.3 is 5.32 Å². The molecule has 0 unspecified atom stereocenters. The Hall–Kier alpha value is -1.49. The molecule has 0 aromatic heterocycles. The second-order valence-electron chi connectivity index (χ2n) is 3.50. The van der Waals surface area contributed by atoms with Gasteiger partial charge in [-0.2, -0.15) is 0 Å². The lowest BCUT2D eigenvalue weighted by Crippen LogP contribution is -2.32. The highest BCUT2D eigenvalue weighted by Gasteiger charge is 2.31. The van der Waals surface area contributed by atoms with Crippen LogP contribution in [0.5, 0.6) is 0 Å². The summed E-state index contributed by atoms with van der Waals surface area (Å²) < 4.78 is 0. The smallest absolute Gasteiger partial charge is 0.324 e. The maximum Gasteiger partial charge on any atom is 0.325 e. The van der Waals surface area contributed by atoms with Gasteiger partial charge in [-0.3, -0.25) is 9.69 Å². The molecule has 1 aliphatic rings. The van der Waals surface area contributed by atoms with E-state index in [1.165, 1.54) is 11.8 Å².